The van der Waals surface area contributed by atoms with Crippen molar-refractivity contribution in [2.24, 2.45) is 5.92 Å². The Kier molecular flexibility index (Phi) is 4.77. The second kappa shape index (κ2) is 6.82. The summed E-state index contributed by atoms with van der Waals surface area (Å²) in [6.07, 6.45) is 2.39. The summed E-state index contributed by atoms with van der Waals surface area (Å²) in [6.45, 7) is 4.71. The molecule has 3 rings (SSSR count). The summed E-state index contributed by atoms with van der Waals surface area (Å²) in [5.41, 5.74) is 2.81. The number of likely N-dealkylation sites (tertiary alicyclic amines) is 1. The molecular weight excluding hydrogens is 310 g/mol. The zero-order valence-electron chi connectivity index (χ0n) is 14.0. The number of amides is 1. The Morgan fingerprint density at radius 2 is 2.21 bits per heavy atom. The van der Waals surface area contributed by atoms with Gasteiger partial charge in [-0.25, -0.2) is 9.50 Å². The number of β-amino-alcohol motifs (C(OH)–C–C–N with tert-alkyl or cyclic N) is 1. The lowest BCUT2D eigenvalue weighted by atomic mass is 9.94. The topological polar surface area (TPSA) is 104 Å². The molecule has 2 aromatic heterocycles. The highest BCUT2D eigenvalue weighted by Gasteiger charge is 2.29. The third kappa shape index (κ3) is 3.11. The van der Waals surface area contributed by atoms with Gasteiger partial charge in [0.15, 0.2) is 0 Å². The summed E-state index contributed by atoms with van der Waals surface area (Å²) in [5, 5.41) is 23.3. The number of carbonyl (C=O) groups is 1. The van der Waals surface area contributed by atoms with Crippen LogP contribution in [0.25, 0.3) is 5.78 Å². The van der Waals surface area contributed by atoms with Crippen LogP contribution in [0.4, 0.5) is 0 Å². The van der Waals surface area contributed by atoms with Crippen molar-refractivity contribution < 1.29 is 15.0 Å². The lowest BCUT2D eigenvalue weighted by Crippen LogP contribution is -2.47. The van der Waals surface area contributed by atoms with Crippen molar-refractivity contribution in [1.29, 1.82) is 0 Å². The summed E-state index contributed by atoms with van der Waals surface area (Å²) in [7, 11) is 0. The molecule has 1 amide bonds. The van der Waals surface area contributed by atoms with E-state index >= 15 is 0 Å². The SMILES string of the molecule is Cc1nc2ncnn2c(C)c1CCC(=O)N1CC[C@H](CO)[C@H](O)C1. The van der Waals surface area contributed by atoms with Gasteiger partial charge in [0.1, 0.15) is 6.33 Å². The number of piperidine rings is 1. The monoisotopic (exact) mass is 333 g/mol. The van der Waals surface area contributed by atoms with Crippen LogP contribution >= 0.6 is 0 Å². The molecule has 3 heterocycles. The molecule has 1 saturated heterocycles. The Bertz CT molecular complexity index is 745. The average Bonchev–Trinajstić information content (AvgIpc) is 3.02. The quantitative estimate of drug-likeness (QED) is 0.808. The number of rotatable bonds is 4. The van der Waals surface area contributed by atoms with Gasteiger partial charge in [0.05, 0.1) is 6.10 Å². The highest BCUT2D eigenvalue weighted by molar-refractivity contribution is 5.76. The highest BCUT2D eigenvalue weighted by Crippen LogP contribution is 2.20. The lowest BCUT2D eigenvalue weighted by Gasteiger charge is -2.35. The molecule has 2 N–H and O–H groups in total. The van der Waals surface area contributed by atoms with Crippen LogP contribution in [-0.2, 0) is 11.2 Å². The number of hydrogen-bond donors (Lipinski definition) is 2. The molecule has 0 aromatic carbocycles. The molecule has 0 bridgehead atoms. The van der Waals surface area contributed by atoms with E-state index in [1.54, 1.807) is 9.42 Å². The summed E-state index contributed by atoms with van der Waals surface area (Å²) in [4.78, 5) is 22.6. The van der Waals surface area contributed by atoms with Crippen LogP contribution < -0.4 is 0 Å². The first-order valence-corrected chi connectivity index (χ1v) is 8.23. The van der Waals surface area contributed by atoms with Gasteiger partial charge in [-0.05, 0) is 32.3 Å². The van der Waals surface area contributed by atoms with E-state index in [0.29, 0.717) is 38.1 Å². The number of hydrogen-bond acceptors (Lipinski definition) is 6. The maximum atomic E-state index is 12.4. The van der Waals surface area contributed by atoms with Crippen molar-refractivity contribution in [2.45, 2.75) is 39.2 Å². The number of aromatic nitrogens is 4. The molecule has 0 unspecified atom stereocenters. The summed E-state index contributed by atoms with van der Waals surface area (Å²) >= 11 is 0. The van der Waals surface area contributed by atoms with E-state index in [4.69, 9.17) is 0 Å². The summed E-state index contributed by atoms with van der Waals surface area (Å²) in [5.74, 6) is 0.453. The van der Waals surface area contributed by atoms with Crippen LogP contribution in [0.2, 0.25) is 0 Å². The summed E-state index contributed by atoms with van der Waals surface area (Å²) < 4.78 is 1.68. The smallest absolute Gasteiger partial charge is 0.252 e. The Balaban J connectivity index is 1.67. The van der Waals surface area contributed by atoms with Crippen LogP contribution in [0.15, 0.2) is 6.33 Å². The van der Waals surface area contributed by atoms with E-state index in [0.717, 1.165) is 17.0 Å². The Labute approximate surface area is 140 Å². The van der Waals surface area contributed by atoms with Crippen molar-refractivity contribution in [1.82, 2.24) is 24.5 Å². The molecule has 1 fully saturated rings. The normalized spacial score (nSPS) is 21.4. The van der Waals surface area contributed by atoms with Crippen LogP contribution in [0.3, 0.4) is 0 Å². The molecule has 130 valence electrons. The number of aliphatic hydroxyl groups is 2. The molecule has 8 nitrogen and oxygen atoms in total. The number of aliphatic hydroxyl groups excluding tert-OH is 2. The molecule has 8 heteroatoms. The standard InChI is InChI=1S/C16H23N5O3/c1-10-13(11(2)21-16(19-10)17-9-18-21)3-4-15(24)20-6-5-12(8-22)14(23)7-20/h9,12,14,22-23H,3-8H2,1-2H3/t12-,14-/m1/s1. The van der Waals surface area contributed by atoms with Gasteiger partial charge < -0.3 is 15.1 Å². The molecule has 2 atom stereocenters. The number of aryl methyl sites for hydroxylation is 2. The van der Waals surface area contributed by atoms with Gasteiger partial charge >= 0.3 is 0 Å². The molecule has 0 spiro atoms. The van der Waals surface area contributed by atoms with E-state index < -0.39 is 6.10 Å². The van der Waals surface area contributed by atoms with Crippen LogP contribution in [0.1, 0.15) is 29.8 Å². The van der Waals surface area contributed by atoms with Crippen molar-refractivity contribution >= 4 is 11.7 Å². The van der Waals surface area contributed by atoms with Gasteiger partial charge in [-0.3, -0.25) is 4.79 Å². The molecule has 1 aliphatic rings. The second-order valence-electron chi connectivity index (χ2n) is 6.37. The summed E-state index contributed by atoms with van der Waals surface area (Å²) in [6, 6.07) is 0. The third-order valence-corrected chi connectivity index (χ3v) is 4.89. The molecule has 2 aromatic rings. The fourth-order valence-corrected chi connectivity index (χ4v) is 3.33. The Morgan fingerprint density at radius 3 is 2.92 bits per heavy atom. The molecular formula is C16H23N5O3. The lowest BCUT2D eigenvalue weighted by molar-refractivity contribution is -0.136. The molecule has 1 aliphatic heterocycles. The van der Waals surface area contributed by atoms with E-state index in [9.17, 15) is 15.0 Å². The van der Waals surface area contributed by atoms with Crippen LogP contribution in [0, 0.1) is 19.8 Å². The maximum absolute atomic E-state index is 12.4. The first-order chi connectivity index (χ1) is 11.5. The zero-order chi connectivity index (χ0) is 17.3. The number of carbonyl (C=O) groups excluding carboxylic acids is 1. The van der Waals surface area contributed by atoms with Gasteiger partial charge in [0, 0.05) is 43.4 Å². The molecule has 0 radical (unpaired) electrons. The van der Waals surface area contributed by atoms with Crippen molar-refractivity contribution in [3.05, 3.63) is 23.3 Å². The second-order valence-corrected chi connectivity index (χ2v) is 6.37. The number of nitrogens with zero attached hydrogens (tertiary/aromatic N) is 5. The maximum Gasteiger partial charge on any atom is 0.252 e. The molecule has 0 saturated carbocycles. The van der Waals surface area contributed by atoms with E-state index in [2.05, 4.69) is 15.1 Å². The van der Waals surface area contributed by atoms with Gasteiger partial charge in [0.2, 0.25) is 5.91 Å². The predicted molar refractivity (Wildman–Crippen MR) is 86.4 cm³/mol. The first kappa shape index (κ1) is 16.8. The first-order valence-electron chi connectivity index (χ1n) is 8.23. The fraction of sp³-hybridized carbons (Fsp3) is 0.625. The fourth-order valence-electron chi connectivity index (χ4n) is 3.33. The predicted octanol–water partition coefficient (Wildman–Crippen LogP) is -0.125. The van der Waals surface area contributed by atoms with Gasteiger partial charge in [0.25, 0.3) is 5.78 Å². The zero-order valence-corrected chi connectivity index (χ0v) is 14.0. The highest BCUT2D eigenvalue weighted by atomic mass is 16.3. The van der Waals surface area contributed by atoms with Gasteiger partial charge in [-0.15, -0.1) is 0 Å². The molecule has 0 aliphatic carbocycles. The van der Waals surface area contributed by atoms with Crippen molar-refractivity contribution in [3.63, 3.8) is 0 Å². The third-order valence-electron chi connectivity index (χ3n) is 4.89. The van der Waals surface area contributed by atoms with Crippen molar-refractivity contribution in [3.8, 4) is 0 Å². The van der Waals surface area contributed by atoms with Gasteiger partial charge in [-0.1, -0.05) is 0 Å². The average molecular weight is 333 g/mol. The number of fused-ring (bicyclic) bond motifs is 1. The minimum Gasteiger partial charge on any atom is -0.396 e. The van der Waals surface area contributed by atoms with E-state index in [-0.39, 0.29) is 18.4 Å². The van der Waals surface area contributed by atoms with E-state index in [1.807, 2.05) is 13.8 Å². The minimum atomic E-state index is -0.649. The molecule has 24 heavy (non-hydrogen) atoms. The van der Waals surface area contributed by atoms with Gasteiger partial charge in [-0.2, -0.15) is 10.1 Å². The van der Waals surface area contributed by atoms with Crippen LogP contribution in [-0.4, -0.2) is 66.4 Å². The minimum absolute atomic E-state index is 0.0166. The largest absolute Gasteiger partial charge is 0.396 e. The Hall–Kier alpha value is -2.06. The van der Waals surface area contributed by atoms with Crippen molar-refractivity contribution in [2.75, 3.05) is 19.7 Å². The van der Waals surface area contributed by atoms with E-state index in [1.165, 1.54) is 6.33 Å². The Morgan fingerprint density at radius 1 is 1.42 bits per heavy atom. The van der Waals surface area contributed by atoms with Crippen LogP contribution in [0.5, 0.6) is 0 Å².